The van der Waals surface area contributed by atoms with Gasteiger partial charge in [-0.1, -0.05) is 42.5 Å². The van der Waals surface area contributed by atoms with Crippen LogP contribution >= 0.6 is 0 Å². The smallest absolute Gasteiger partial charge is 0.338 e. The minimum atomic E-state index is -0.651. The van der Waals surface area contributed by atoms with Crippen molar-refractivity contribution < 1.29 is 23.9 Å². The number of carbonyl (C=O) groups is 4. The molecule has 1 heterocycles. The van der Waals surface area contributed by atoms with E-state index in [0.29, 0.717) is 5.69 Å². The average molecular weight is 444 g/mol. The number of benzene rings is 2. The van der Waals surface area contributed by atoms with Crippen molar-refractivity contribution in [2.24, 2.45) is 23.7 Å². The molecule has 0 radical (unpaired) electrons. The molecule has 2 bridgehead atoms. The molecule has 0 spiro atoms. The topological polar surface area (TPSA) is 92.8 Å². The summed E-state index contributed by atoms with van der Waals surface area (Å²) in [7, 11) is 0. The first-order valence-corrected chi connectivity index (χ1v) is 11.1. The van der Waals surface area contributed by atoms with Crippen LogP contribution in [0.25, 0.3) is 0 Å². The maximum absolute atomic E-state index is 12.9. The van der Waals surface area contributed by atoms with Gasteiger partial charge in [0.05, 0.1) is 29.1 Å². The lowest BCUT2D eigenvalue weighted by Gasteiger charge is -2.17. The second kappa shape index (κ2) is 8.31. The molecule has 1 N–H and O–H groups in total. The van der Waals surface area contributed by atoms with Crippen molar-refractivity contribution >= 4 is 29.4 Å². The average Bonchev–Trinajstić information content (AvgIpc) is 3.52. The number of nitrogens with zero attached hydrogens (tertiary/aromatic N) is 1. The highest BCUT2D eigenvalue weighted by Gasteiger charge is 2.59. The molecule has 2 aromatic rings. The van der Waals surface area contributed by atoms with Gasteiger partial charge in [-0.2, -0.15) is 0 Å². The van der Waals surface area contributed by atoms with Crippen molar-refractivity contribution in [1.29, 1.82) is 0 Å². The predicted octanol–water partition coefficient (Wildman–Crippen LogP) is 3.03. The zero-order chi connectivity index (χ0) is 23.1. The predicted molar refractivity (Wildman–Crippen MR) is 120 cm³/mol. The Labute approximate surface area is 191 Å². The Morgan fingerprint density at radius 2 is 1.58 bits per heavy atom. The first-order valence-electron chi connectivity index (χ1n) is 11.1. The summed E-state index contributed by atoms with van der Waals surface area (Å²) in [6, 6.07) is 15.4. The number of allylic oxidation sites excluding steroid dienone is 2. The van der Waals surface area contributed by atoms with E-state index in [9.17, 15) is 19.2 Å². The number of nitrogens with one attached hydrogen (secondary N) is 1. The van der Waals surface area contributed by atoms with Crippen LogP contribution in [0, 0.1) is 23.7 Å². The first kappa shape index (κ1) is 21.1. The van der Waals surface area contributed by atoms with Crippen molar-refractivity contribution in [1.82, 2.24) is 5.32 Å². The second-order valence-corrected chi connectivity index (χ2v) is 8.83. The van der Waals surface area contributed by atoms with Gasteiger partial charge in [-0.15, -0.1) is 0 Å². The van der Waals surface area contributed by atoms with Crippen LogP contribution in [0.5, 0.6) is 0 Å². The van der Waals surface area contributed by atoms with Crippen LogP contribution in [0.15, 0.2) is 66.7 Å². The van der Waals surface area contributed by atoms with E-state index >= 15 is 0 Å². The van der Waals surface area contributed by atoms with Crippen LogP contribution in [-0.4, -0.2) is 30.3 Å². The van der Waals surface area contributed by atoms with Gasteiger partial charge in [0.15, 0.2) is 6.61 Å². The summed E-state index contributed by atoms with van der Waals surface area (Å²) >= 11 is 0. The van der Waals surface area contributed by atoms with Gasteiger partial charge in [-0.25, -0.2) is 4.79 Å². The normalized spacial score (nSPS) is 25.8. The Hall–Kier alpha value is -3.74. The molecule has 5 rings (SSSR count). The molecule has 2 fully saturated rings. The minimum absolute atomic E-state index is 0.145. The number of ether oxygens (including phenoxy) is 1. The fourth-order valence-electron chi connectivity index (χ4n) is 5.23. The Bertz CT molecular complexity index is 1110. The summed E-state index contributed by atoms with van der Waals surface area (Å²) in [5.74, 6) is -1.63. The quantitative estimate of drug-likeness (QED) is 0.420. The highest BCUT2D eigenvalue weighted by molar-refractivity contribution is 6.22. The third kappa shape index (κ3) is 3.73. The molecule has 33 heavy (non-hydrogen) atoms. The Kier molecular flexibility index (Phi) is 5.32. The Morgan fingerprint density at radius 3 is 2.18 bits per heavy atom. The first-order chi connectivity index (χ1) is 15.9. The molecule has 1 saturated carbocycles. The molecule has 1 saturated heterocycles. The van der Waals surface area contributed by atoms with Gasteiger partial charge in [-0.05, 0) is 55.0 Å². The molecule has 7 heteroatoms. The van der Waals surface area contributed by atoms with E-state index in [-0.39, 0.29) is 47.1 Å². The zero-order valence-electron chi connectivity index (χ0n) is 18.1. The van der Waals surface area contributed by atoms with Gasteiger partial charge in [0.1, 0.15) is 0 Å². The van der Waals surface area contributed by atoms with Crippen molar-refractivity contribution in [2.45, 2.75) is 19.4 Å². The summed E-state index contributed by atoms with van der Waals surface area (Å²) in [5.41, 5.74) is 1.64. The van der Waals surface area contributed by atoms with E-state index in [1.807, 2.05) is 37.3 Å². The van der Waals surface area contributed by atoms with Gasteiger partial charge in [0.25, 0.3) is 5.91 Å². The molecule has 168 valence electrons. The summed E-state index contributed by atoms with van der Waals surface area (Å²) in [6.45, 7) is 1.45. The Balaban J connectivity index is 1.18. The summed E-state index contributed by atoms with van der Waals surface area (Å²) in [5, 5.41) is 2.79. The highest BCUT2D eigenvalue weighted by atomic mass is 16.5. The third-order valence-corrected chi connectivity index (χ3v) is 6.84. The van der Waals surface area contributed by atoms with Crippen LogP contribution < -0.4 is 10.2 Å². The third-order valence-electron chi connectivity index (χ3n) is 6.84. The van der Waals surface area contributed by atoms with E-state index in [1.165, 1.54) is 17.0 Å². The van der Waals surface area contributed by atoms with Crippen molar-refractivity contribution in [2.75, 3.05) is 11.5 Å². The van der Waals surface area contributed by atoms with E-state index in [2.05, 4.69) is 17.5 Å². The summed E-state index contributed by atoms with van der Waals surface area (Å²) in [6.07, 6.45) is 4.98. The molecule has 0 unspecified atom stereocenters. The SMILES string of the molecule is C[C@H](NC(=O)COC(=O)c1ccc(N2C(=O)[C@@H]3[C@@H](C2=O)[C@H]2C=C[C@H]3C2)cc1)c1ccccc1. The number of hydrogen-bond acceptors (Lipinski definition) is 5. The lowest BCUT2D eigenvalue weighted by atomic mass is 9.85. The fourth-order valence-corrected chi connectivity index (χ4v) is 5.23. The van der Waals surface area contributed by atoms with Crippen LogP contribution in [0.3, 0.4) is 0 Å². The number of hydrogen-bond donors (Lipinski definition) is 1. The molecule has 3 aliphatic rings. The fraction of sp³-hybridized carbons (Fsp3) is 0.308. The van der Waals surface area contributed by atoms with Gasteiger partial charge < -0.3 is 10.1 Å². The molecule has 0 aromatic heterocycles. The van der Waals surface area contributed by atoms with E-state index in [1.54, 1.807) is 12.1 Å². The summed E-state index contributed by atoms with van der Waals surface area (Å²) < 4.78 is 5.12. The number of fused-ring (bicyclic) bond motifs is 5. The van der Waals surface area contributed by atoms with Crippen molar-refractivity contribution in [3.8, 4) is 0 Å². The Morgan fingerprint density at radius 1 is 0.970 bits per heavy atom. The molecular weight excluding hydrogens is 420 g/mol. The number of anilines is 1. The highest BCUT2D eigenvalue weighted by Crippen LogP contribution is 2.53. The molecule has 5 atom stereocenters. The van der Waals surface area contributed by atoms with Crippen LogP contribution in [0.2, 0.25) is 0 Å². The van der Waals surface area contributed by atoms with Gasteiger partial charge in [0, 0.05) is 0 Å². The molecule has 3 amide bonds. The van der Waals surface area contributed by atoms with E-state index in [4.69, 9.17) is 4.74 Å². The lowest BCUT2D eigenvalue weighted by Crippen LogP contribution is -2.33. The van der Waals surface area contributed by atoms with Crippen LogP contribution in [-0.2, 0) is 19.1 Å². The largest absolute Gasteiger partial charge is 0.452 e. The van der Waals surface area contributed by atoms with E-state index in [0.717, 1.165) is 12.0 Å². The molecule has 7 nitrogen and oxygen atoms in total. The number of rotatable bonds is 6. The van der Waals surface area contributed by atoms with Crippen LogP contribution in [0.1, 0.15) is 35.3 Å². The summed E-state index contributed by atoms with van der Waals surface area (Å²) in [4.78, 5) is 51.6. The lowest BCUT2D eigenvalue weighted by molar-refractivity contribution is -0.125. The van der Waals surface area contributed by atoms with Crippen LogP contribution in [0.4, 0.5) is 5.69 Å². The molecule has 2 aromatic carbocycles. The zero-order valence-corrected chi connectivity index (χ0v) is 18.1. The van der Waals surface area contributed by atoms with Gasteiger partial charge in [0.2, 0.25) is 11.8 Å². The molecular formula is C26H24N2O5. The maximum Gasteiger partial charge on any atom is 0.338 e. The van der Waals surface area contributed by atoms with Crippen molar-refractivity contribution in [3.63, 3.8) is 0 Å². The monoisotopic (exact) mass is 444 g/mol. The standard InChI is InChI=1S/C26H24N2O5/c1-15(16-5-3-2-4-6-16)27-21(29)14-33-26(32)17-9-11-20(12-10-17)28-24(30)22-18-7-8-19(13-18)23(22)25(28)31/h2-12,15,18-19,22-23H,13-14H2,1H3,(H,27,29)/t15-,18-,19-,22-,23-/m0/s1. The van der Waals surface area contributed by atoms with Gasteiger partial charge in [-0.3, -0.25) is 19.3 Å². The van der Waals surface area contributed by atoms with E-state index < -0.39 is 18.5 Å². The number of amides is 3. The number of imide groups is 1. The number of carbonyl (C=O) groups excluding carboxylic acids is 4. The second-order valence-electron chi connectivity index (χ2n) is 8.83. The van der Waals surface area contributed by atoms with Crippen molar-refractivity contribution in [3.05, 3.63) is 77.9 Å². The minimum Gasteiger partial charge on any atom is -0.452 e. The molecule has 2 aliphatic carbocycles. The molecule has 1 aliphatic heterocycles. The maximum atomic E-state index is 12.9. The van der Waals surface area contributed by atoms with Gasteiger partial charge >= 0.3 is 5.97 Å². The number of esters is 1.